The van der Waals surface area contributed by atoms with Crippen LogP contribution in [0.25, 0.3) is 0 Å². The second-order valence-corrected chi connectivity index (χ2v) is 4.31. The third-order valence-electron chi connectivity index (χ3n) is 3.06. The van der Waals surface area contributed by atoms with Gasteiger partial charge in [0.15, 0.2) is 0 Å². The Morgan fingerprint density at radius 1 is 1.64 bits per heavy atom. The zero-order valence-electron chi connectivity index (χ0n) is 9.63. The van der Waals surface area contributed by atoms with Gasteiger partial charge in [-0.1, -0.05) is 19.4 Å². The van der Waals surface area contributed by atoms with Crippen LogP contribution >= 0.6 is 0 Å². The van der Waals surface area contributed by atoms with Crippen molar-refractivity contribution in [2.45, 2.75) is 45.2 Å². The molecule has 14 heavy (non-hydrogen) atoms. The summed E-state index contributed by atoms with van der Waals surface area (Å²) in [6, 6.07) is 1.37. The number of piperazine rings is 1. The Morgan fingerprint density at radius 2 is 2.43 bits per heavy atom. The topological polar surface area (TPSA) is 15.3 Å². The van der Waals surface area contributed by atoms with Gasteiger partial charge in [0.25, 0.3) is 0 Å². The van der Waals surface area contributed by atoms with Crippen molar-refractivity contribution >= 4 is 0 Å². The third kappa shape index (κ3) is 3.43. The fourth-order valence-corrected chi connectivity index (χ4v) is 2.18. The molecule has 2 unspecified atom stereocenters. The molecule has 1 N–H and O–H groups in total. The Morgan fingerprint density at radius 3 is 3.07 bits per heavy atom. The monoisotopic (exact) mass is 196 g/mol. The highest BCUT2D eigenvalue weighted by Crippen LogP contribution is 2.10. The first kappa shape index (κ1) is 11.7. The van der Waals surface area contributed by atoms with Crippen molar-refractivity contribution in [3.63, 3.8) is 0 Å². The quantitative estimate of drug-likeness (QED) is 0.677. The first-order valence-corrected chi connectivity index (χ1v) is 5.86. The van der Waals surface area contributed by atoms with Gasteiger partial charge in [0.1, 0.15) is 0 Å². The second-order valence-electron chi connectivity index (χ2n) is 4.31. The highest BCUT2D eigenvalue weighted by atomic mass is 15.2. The van der Waals surface area contributed by atoms with Crippen LogP contribution < -0.4 is 5.32 Å². The van der Waals surface area contributed by atoms with Crippen LogP contribution in [0.5, 0.6) is 0 Å². The summed E-state index contributed by atoms with van der Waals surface area (Å²) in [4.78, 5) is 2.58. The van der Waals surface area contributed by atoms with Gasteiger partial charge in [0.2, 0.25) is 0 Å². The van der Waals surface area contributed by atoms with Crippen LogP contribution in [-0.4, -0.2) is 36.6 Å². The molecule has 0 aromatic carbocycles. The van der Waals surface area contributed by atoms with Gasteiger partial charge in [-0.15, -0.1) is 6.58 Å². The molecule has 0 aliphatic carbocycles. The zero-order valence-corrected chi connectivity index (χ0v) is 9.63. The first-order valence-electron chi connectivity index (χ1n) is 5.86. The van der Waals surface area contributed by atoms with Crippen LogP contribution in [0.2, 0.25) is 0 Å². The fraction of sp³-hybridized carbons (Fsp3) is 0.833. The average molecular weight is 196 g/mol. The molecule has 0 aromatic heterocycles. The van der Waals surface area contributed by atoms with E-state index in [0.29, 0.717) is 12.1 Å². The van der Waals surface area contributed by atoms with E-state index in [-0.39, 0.29) is 0 Å². The van der Waals surface area contributed by atoms with Gasteiger partial charge < -0.3 is 5.32 Å². The Labute approximate surface area is 88.4 Å². The molecule has 0 spiro atoms. The zero-order chi connectivity index (χ0) is 10.4. The minimum atomic E-state index is 0.661. The molecule has 0 saturated carbocycles. The summed E-state index contributed by atoms with van der Waals surface area (Å²) in [5.41, 5.74) is 0. The average Bonchev–Trinajstić information content (AvgIpc) is 2.19. The maximum atomic E-state index is 3.81. The van der Waals surface area contributed by atoms with Crippen molar-refractivity contribution in [1.82, 2.24) is 10.2 Å². The second kappa shape index (κ2) is 6.20. The van der Waals surface area contributed by atoms with E-state index >= 15 is 0 Å². The van der Waals surface area contributed by atoms with Crippen LogP contribution in [0.1, 0.15) is 33.1 Å². The van der Waals surface area contributed by atoms with Crippen LogP contribution in [0.3, 0.4) is 0 Å². The molecule has 1 aliphatic rings. The van der Waals surface area contributed by atoms with Crippen molar-refractivity contribution in [2.75, 3.05) is 19.6 Å². The van der Waals surface area contributed by atoms with Gasteiger partial charge in [0.05, 0.1) is 0 Å². The molecule has 0 amide bonds. The Bertz CT molecular complexity index is 166. The van der Waals surface area contributed by atoms with Crippen molar-refractivity contribution < 1.29 is 0 Å². The van der Waals surface area contributed by atoms with Crippen molar-refractivity contribution in [2.24, 2.45) is 0 Å². The number of hydrogen-bond donors (Lipinski definition) is 1. The Kier molecular flexibility index (Phi) is 5.20. The molecule has 0 aromatic rings. The van der Waals surface area contributed by atoms with E-state index in [2.05, 4.69) is 30.6 Å². The van der Waals surface area contributed by atoms with Crippen molar-refractivity contribution in [3.05, 3.63) is 12.7 Å². The lowest BCUT2D eigenvalue weighted by atomic mass is 10.1. The van der Waals surface area contributed by atoms with E-state index in [4.69, 9.17) is 0 Å². The molecule has 1 saturated heterocycles. The summed E-state index contributed by atoms with van der Waals surface area (Å²) in [5.74, 6) is 0. The maximum Gasteiger partial charge on any atom is 0.0195 e. The molecule has 2 nitrogen and oxygen atoms in total. The fourth-order valence-electron chi connectivity index (χ4n) is 2.18. The van der Waals surface area contributed by atoms with E-state index < -0.39 is 0 Å². The van der Waals surface area contributed by atoms with E-state index in [1.165, 1.54) is 25.9 Å². The summed E-state index contributed by atoms with van der Waals surface area (Å²) in [6.07, 6.45) is 5.72. The molecule has 82 valence electrons. The predicted octanol–water partition coefficient (Wildman–Crippen LogP) is 2.02. The van der Waals surface area contributed by atoms with Crippen LogP contribution in [0, 0.1) is 0 Å². The summed E-state index contributed by atoms with van der Waals surface area (Å²) >= 11 is 0. The molecule has 1 fully saturated rings. The molecule has 2 atom stereocenters. The smallest absolute Gasteiger partial charge is 0.0195 e. The minimum absolute atomic E-state index is 0.661. The number of hydrogen-bond acceptors (Lipinski definition) is 2. The molecule has 0 bridgehead atoms. The lowest BCUT2D eigenvalue weighted by molar-refractivity contribution is 0.149. The molecule has 0 radical (unpaired) electrons. The highest BCUT2D eigenvalue weighted by Gasteiger charge is 2.21. The summed E-state index contributed by atoms with van der Waals surface area (Å²) in [6.45, 7) is 11.9. The third-order valence-corrected chi connectivity index (χ3v) is 3.06. The number of nitrogens with zero attached hydrogens (tertiary/aromatic N) is 1. The first-order chi connectivity index (χ1) is 6.77. The van der Waals surface area contributed by atoms with Crippen LogP contribution in [0.4, 0.5) is 0 Å². The standard InChI is InChI=1S/C12H24N2/c1-4-6-11(3)14-9-8-13-12(10-14)7-5-2/h4,11-13H,1,5-10H2,2-3H3. The predicted molar refractivity (Wildman–Crippen MR) is 62.5 cm³/mol. The largest absolute Gasteiger partial charge is 0.311 e. The molecular weight excluding hydrogens is 172 g/mol. The minimum Gasteiger partial charge on any atom is -0.311 e. The van der Waals surface area contributed by atoms with E-state index in [1.807, 2.05) is 6.08 Å². The van der Waals surface area contributed by atoms with Gasteiger partial charge in [-0.05, 0) is 19.8 Å². The summed E-state index contributed by atoms with van der Waals surface area (Å²) < 4.78 is 0. The molecule has 1 heterocycles. The van der Waals surface area contributed by atoms with Gasteiger partial charge in [-0.25, -0.2) is 0 Å². The maximum absolute atomic E-state index is 3.81. The van der Waals surface area contributed by atoms with E-state index in [1.54, 1.807) is 0 Å². The lowest BCUT2D eigenvalue weighted by Crippen LogP contribution is -2.53. The molecule has 1 aliphatic heterocycles. The number of rotatable bonds is 5. The highest BCUT2D eigenvalue weighted by molar-refractivity contribution is 4.84. The van der Waals surface area contributed by atoms with Gasteiger partial charge in [0, 0.05) is 31.7 Å². The summed E-state index contributed by atoms with van der Waals surface area (Å²) in [7, 11) is 0. The molecular formula is C12H24N2. The van der Waals surface area contributed by atoms with E-state index in [0.717, 1.165) is 13.0 Å². The SMILES string of the molecule is C=CCC(C)N1CCNC(CCC)C1. The van der Waals surface area contributed by atoms with Gasteiger partial charge in [-0.3, -0.25) is 4.90 Å². The lowest BCUT2D eigenvalue weighted by Gasteiger charge is -2.37. The Hall–Kier alpha value is -0.340. The van der Waals surface area contributed by atoms with Crippen molar-refractivity contribution in [3.8, 4) is 0 Å². The normalized spacial score (nSPS) is 26.0. The number of nitrogens with one attached hydrogen (secondary N) is 1. The van der Waals surface area contributed by atoms with E-state index in [9.17, 15) is 0 Å². The van der Waals surface area contributed by atoms with Crippen LogP contribution in [0.15, 0.2) is 12.7 Å². The molecule has 1 rings (SSSR count). The van der Waals surface area contributed by atoms with Crippen LogP contribution in [-0.2, 0) is 0 Å². The van der Waals surface area contributed by atoms with Gasteiger partial charge >= 0.3 is 0 Å². The van der Waals surface area contributed by atoms with Gasteiger partial charge in [-0.2, -0.15) is 0 Å². The summed E-state index contributed by atoms with van der Waals surface area (Å²) in [5, 5.41) is 3.58. The van der Waals surface area contributed by atoms with Crippen molar-refractivity contribution in [1.29, 1.82) is 0 Å². The Balaban J connectivity index is 2.34. The molecule has 2 heteroatoms.